The monoisotopic (exact) mass is 395 g/mol. The third kappa shape index (κ3) is 3.63. The van der Waals surface area contributed by atoms with Gasteiger partial charge in [0, 0.05) is 6.21 Å². The zero-order valence-corrected chi connectivity index (χ0v) is 16.0. The number of ether oxygens (including phenoxy) is 1. The van der Waals surface area contributed by atoms with Gasteiger partial charge in [-0.15, -0.1) is 0 Å². The van der Waals surface area contributed by atoms with Gasteiger partial charge in [-0.2, -0.15) is 0 Å². The molecule has 0 unspecified atom stereocenters. The summed E-state index contributed by atoms with van der Waals surface area (Å²) >= 11 is 5.22. The fraction of sp³-hybridized carbons (Fsp3) is 0.100. The maximum atomic E-state index is 12.3. The van der Waals surface area contributed by atoms with Crippen LogP contribution in [0, 0.1) is 11.7 Å². The van der Waals surface area contributed by atoms with Crippen LogP contribution >= 0.6 is 12.2 Å². The molecule has 2 aromatic carbocycles. The van der Waals surface area contributed by atoms with Crippen molar-refractivity contribution in [1.82, 2.24) is 9.55 Å². The molecule has 7 nitrogen and oxygen atoms in total. The smallest absolute Gasteiger partial charge is 0.340 e. The topological polar surface area (TPSA) is 96.7 Å². The molecule has 0 radical (unpaired) electrons. The molecule has 0 aliphatic rings. The van der Waals surface area contributed by atoms with Crippen LogP contribution in [0.4, 0.5) is 5.69 Å². The summed E-state index contributed by atoms with van der Waals surface area (Å²) in [4.78, 5) is 31.0. The summed E-state index contributed by atoms with van der Waals surface area (Å²) in [6, 6.07) is 13.8. The number of aromatic hydroxyl groups is 1. The SMILES string of the molecule is COC(=O)c1ccccc1N=Cc1c(O)n(-c2ccccc2C)c(=S)[nH]c1=O. The summed E-state index contributed by atoms with van der Waals surface area (Å²) in [5, 5.41) is 10.7. The molecule has 3 aromatic rings. The highest BCUT2D eigenvalue weighted by Gasteiger charge is 2.15. The average molecular weight is 395 g/mol. The molecule has 0 amide bonds. The molecule has 0 saturated carbocycles. The third-order valence-corrected chi connectivity index (χ3v) is 4.40. The van der Waals surface area contributed by atoms with E-state index in [0.717, 1.165) is 5.56 Å². The predicted molar refractivity (Wildman–Crippen MR) is 109 cm³/mol. The van der Waals surface area contributed by atoms with Gasteiger partial charge in [0.15, 0.2) is 4.77 Å². The van der Waals surface area contributed by atoms with E-state index in [1.165, 1.54) is 17.9 Å². The second-order valence-electron chi connectivity index (χ2n) is 5.89. The molecule has 0 saturated heterocycles. The van der Waals surface area contributed by atoms with E-state index in [0.29, 0.717) is 11.4 Å². The first kappa shape index (κ1) is 19.2. The molecule has 0 aliphatic carbocycles. The van der Waals surface area contributed by atoms with Crippen LogP contribution in [-0.4, -0.2) is 34.0 Å². The van der Waals surface area contributed by atoms with E-state index >= 15 is 0 Å². The zero-order chi connectivity index (χ0) is 20.3. The number of nitrogens with zero attached hydrogens (tertiary/aromatic N) is 2. The van der Waals surface area contributed by atoms with E-state index in [2.05, 4.69) is 9.98 Å². The first-order valence-electron chi connectivity index (χ1n) is 8.29. The molecule has 1 heterocycles. The Morgan fingerprint density at radius 3 is 2.61 bits per heavy atom. The summed E-state index contributed by atoms with van der Waals surface area (Å²) in [6.07, 6.45) is 1.19. The highest BCUT2D eigenvalue weighted by Crippen LogP contribution is 2.23. The van der Waals surface area contributed by atoms with Crippen molar-refractivity contribution in [3.63, 3.8) is 0 Å². The number of H-pyrrole nitrogens is 1. The number of methoxy groups -OCH3 is 1. The number of para-hydroxylation sites is 2. The molecule has 142 valence electrons. The van der Waals surface area contributed by atoms with Gasteiger partial charge < -0.3 is 9.84 Å². The fourth-order valence-corrected chi connectivity index (χ4v) is 2.97. The number of benzene rings is 2. The number of aryl methyl sites for hydroxylation is 1. The van der Waals surface area contributed by atoms with Gasteiger partial charge in [0.2, 0.25) is 5.88 Å². The van der Waals surface area contributed by atoms with Crippen LogP contribution in [-0.2, 0) is 4.74 Å². The van der Waals surface area contributed by atoms with E-state index in [4.69, 9.17) is 17.0 Å². The van der Waals surface area contributed by atoms with E-state index in [9.17, 15) is 14.7 Å². The van der Waals surface area contributed by atoms with Gasteiger partial charge in [-0.25, -0.2) is 4.79 Å². The van der Waals surface area contributed by atoms with E-state index in [-0.39, 0.29) is 21.8 Å². The summed E-state index contributed by atoms with van der Waals surface area (Å²) in [5.41, 5.74) is 1.36. The molecule has 28 heavy (non-hydrogen) atoms. The standard InChI is InChI=1S/C20H17N3O4S/c1-12-7-3-6-10-16(12)23-18(25)14(17(24)22-20(23)28)11-21-15-9-5-4-8-13(15)19(26)27-2/h3-11,25H,1-2H3,(H,22,24,28). The number of hydrogen-bond donors (Lipinski definition) is 2. The number of carbonyl (C=O) groups excluding carboxylic acids is 1. The Hall–Kier alpha value is -3.52. The van der Waals surface area contributed by atoms with Crippen molar-refractivity contribution in [2.24, 2.45) is 4.99 Å². The lowest BCUT2D eigenvalue weighted by Gasteiger charge is -2.13. The van der Waals surface area contributed by atoms with Crippen molar-refractivity contribution < 1.29 is 14.6 Å². The molecule has 0 spiro atoms. The Labute approximate surface area is 165 Å². The Bertz CT molecular complexity index is 1190. The van der Waals surface area contributed by atoms with Crippen LogP contribution in [0.1, 0.15) is 21.5 Å². The summed E-state index contributed by atoms with van der Waals surface area (Å²) in [7, 11) is 1.27. The fourth-order valence-electron chi connectivity index (χ4n) is 2.70. The second kappa shape index (κ2) is 8.01. The van der Waals surface area contributed by atoms with Gasteiger partial charge in [0.25, 0.3) is 5.56 Å². The highest BCUT2D eigenvalue weighted by molar-refractivity contribution is 7.71. The molecule has 8 heteroatoms. The van der Waals surface area contributed by atoms with Crippen LogP contribution in [0.15, 0.2) is 58.3 Å². The van der Waals surface area contributed by atoms with E-state index in [1.54, 1.807) is 36.4 Å². The average Bonchev–Trinajstić information content (AvgIpc) is 2.68. The lowest BCUT2D eigenvalue weighted by atomic mass is 10.2. The van der Waals surface area contributed by atoms with Crippen molar-refractivity contribution in [3.05, 3.63) is 80.3 Å². The van der Waals surface area contributed by atoms with Crippen molar-refractivity contribution in [3.8, 4) is 11.6 Å². The van der Waals surface area contributed by atoms with Crippen molar-refractivity contribution in [2.45, 2.75) is 6.92 Å². The molecule has 1 aromatic heterocycles. The zero-order valence-electron chi connectivity index (χ0n) is 15.2. The molecule has 3 rings (SSSR count). The van der Waals surface area contributed by atoms with E-state index in [1.807, 2.05) is 19.1 Å². The number of nitrogens with one attached hydrogen (secondary N) is 1. The van der Waals surface area contributed by atoms with Crippen LogP contribution < -0.4 is 5.56 Å². The Morgan fingerprint density at radius 1 is 1.21 bits per heavy atom. The van der Waals surface area contributed by atoms with E-state index < -0.39 is 11.5 Å². The predicted octanol–water partition coefficient (Wildman–Crippen LogP) is 3.45. The number of rotatable bonds is 4. The number of aromatic nitrogens is 2. The van der Waals surface area contributed by atoms with Crippen LogP contribution in [0.3, 0.4) is 0 Å². The molecule has 0 bridgehead atoms. The van der Waals surface area contributed by atoms with Crippen molar-refractivity contribution >= 4 is 30.1 Å². The maximum Gasteiger partial charge on any atom is 0.340 e. The molecular weight excluding hydrogens is 378 g/mol. The summed E-state index contributed by atoms with van der Waals surface area (Å²) in [5.74, 6) is -0.899. The molecule has 0 aliphatic heterocycles. The lowest BCUT2D eigenvalue weighted by molar-refractivity contribution is 0.0601. The Morgan fingerprint density at radius 2 is 1.89 bits per heavy atom. The van der Waals surface area contributed by atoms with Crippen LogP contribution in [0.2, 0.25) is 0 Å². The first-order chi connectivity index (χ1) is 13.4. The number of esters is 1. The largest absolute Gasteiger partial charge is 0.494 e. The quantitative estimate of drug-likeness (QED) is 0.401. The Kier molecular flexibility index (Phi) is 5.51. The first-order valence-corrected chi connectivity index (χ1v) is 8.70. The van der Waals surface area contributed by atoms with Crippen molar-refractivity contribution in [2.75, 3.05) is 7.11 Å². The van der Waals surface area contributed by atoms with Crippen molar-refractivity contribution in [1.29, 1.82) is 0 Å². The maximum absolute atomic E-state index is 12.3. The lowest BCUT2D eigenvalue weighted by Crippen LogP contribution is -2.18. The Balaban J connectivity index is 2.15. The number of aromatic amines is 1. The number of carbonyl (C=O) groups is 1. The number of hydrogen-bond acceptors (Lipinski definition) is 6. The van der Waals surface area contributed by atoms with Gasteiger partial charge >= 0.3 is 5.97 Å². The summed E-state index contributed by atoms with van der Waals surface area (Å²) in [6.45, 7) is 1.86. The van der Waals surface area contributed by atoms with Gasteiger partial charge in [0.05, 0.1) is 24.0 Å². The number of aliphatic imine (C=N–C) groups is 1. The normalized spacial score (nSPS) is 10.9. The molecular formula is C20H17N3O4S. The molecule has 0 fully saturated rings. The minimum Gasteiger partial charge on any atom is -0.494 e. The summed E-state index contributed by atoms with van der Waals surface area (Å²) < 4.78 is 6.15. The van der Waals surface area contributed by atoms with Gasteiger partial charge in [-0.1, -0.05) is 30.3 Å². The minimum absolute atomic E-state index is 0.0592. The van der Waals surface area contributed by atoms with Gasteiger partial charge in [-0.3, -0.25) is 19.3 Å². The minimum atomic E-state index is -0.591. The highest BCUT2D eigenvalue weighted by atomic mass is 32.1. The van der Waals surface area contributed by atoms with Crippen LogP contribution in [0.5, 0.6) is 5.88 Å². The van der Waals surface area contributed by atoms with Gasteiger partial charge in [0.1, 0.15) is 5.56 Å². The van der Waals surface area contributed by atoms with Crippen LogP contribution in [0.25, 0.3) is 5.69 Å². The second-order valence-corrected chi connectivity index (χ2v) is 6.27. The molecule has 0 atom stereocenters. The van der Waals surface area contributed by atoms with Gasteiger partial charge in [-0.05, 0) is 42.9 Å². The third-order valence-electron chi connectivity index (χ3n) is 4.12. The molecule has 2 N–H and O–H groups in total.